The van der Waals surface area contributed by atoms with Gasteiger partial charge in [-0.3, -0.25) is 0 Å². The van der Waals surface area contributed by atoms with E-state index in [0.717, 1.165) is 0 Å². The van der Waals surface area contributed by atoms with Crippen LogP contribution in [0.5, 0.6) is 0 Å². The summed E-state index contributed by atoms with van der Waals surface area (Å²) >= 11 is 0. The summed E-state index contributed by atoms with van der Waals surface area (Å²) in [5.41, 5.74) is 2.64. The first-order valence-electron chi connectivity index (χ1n) is 9.64. The molecule has 3 aromatic carbocycles. The number of fused-ring (bicyclic) bond motifs is 1. The number of benzene rings is 3. The zero-order valence-electron chi connectivity index (χ0n) is 17.6. The number of hydrogen-bond acceptors (Lipinski definition) is 0. The van der Waals surface area contributed by atoms with E-state index < -0.39 is 0 Å². The van der Waals surface area contributed by atoms with Crippen LogP contribution in [-0.4, -0.2) is 0 Å². The van der Waals surface area contributed by atoms with E-state index in [1.54, 1.807) is 0 Å². The van der Waals surface area contributed by atoms with E-state index in [9.17, 15) is 0 Å². The number of aryl methyl sites for hydroxylation is 2. The molecule has 0 aromatic heterocycles. The highest BCUT2D eigenvalue weighted by Gasteiger charge is 1.89. The molecule has 0 aliphatic carbocycles. The normalized spacial score (nSPS) is 8.16. The lowest BCUT2D eigenvalue weighted by molar-refractivity contribution is 1.09. The molecular formula is C25H38. The third kappa shape index (κ3) is 12.9. The molecule has 138 valence electrons. The molecular weight excluding hydrogens is 300 g/mol. The Bertz CT molecular complexity index is 624. The van der Waals surface area contributed by atoms with E-state index in [0.29, 0.717) is 0 Å². The largest absolute Gasteiger partial charge is 0.0683 e. The minimum Gasteiger partial charge on any atom is -0.0683 e. The van der Waals surface area contributed by atoms with Crippen LogP contribution in [0.3, 0.4) is 0 Å². The molecule has 0 amide bonds. The van der Waals surface area contributed by atoms with Crippen LogP contribution >= 0.6 is 0 Å². The van der Waals surface area contributed by atoms with Gasteiger partial charge in [0.05, 0.1) is 0 Å². The van der Waals surface area contributed by atoms with Crippen molar-refractivity contribution < 1.29 is 0 Å². The summed E-state index contributed by atoms with van der Waals surface area (Å²) in [5, 5.41) is 2.64. The molecule has 25 heavy (non-hydrogen) atoms. The lowest BCUT2D eigenvalue weighted by Crippen LogP contribution is -1.73. The Kier molecular flexibility index (Phi) is 18.4. The first-order chi connectivity index (χ1) is 12.2. The maximum atomic E-state index is 2.20. The van der Waals surface area contributed by atoms with Gasteiger partial charge in [-0.15, -0.1) is 0 Å². The van der Waals surface area contributed by atoms with Gasteiger partial charge in [0.2, 0.25) is 0 Å². The van der Waals surface area contributed by atoms with Crippen molar-refractivity contribution in [1.29, 1.82) is 0 Å². The fraction of sp³-hybridized carbons (Fsp3) is 0.360. The van der Waals surface area contributed by atoms with Gasteiger partial charge >= 0.3 is 0 Å². The van der Waals surface area contributed by atoms with Gasteiger partial charge in [0, 0.05) is 0 Å². The zero-order chi connectivity index (χ0) is 19.5. The highest BCUT2D eigenvalue weighted by atomic mass is 13.9. The van der Waals surface area contributed by atoms with Crippen LogP contribution in [0.2, 0.25) is 0 Å². The van der Waals surface area contributed by atoms with Gasteiger partial charge in [0.15, 0.2) is 0 Å². The van der Waals surface area contributed by atoms with Crippen LogP contribution in [0.4, 0.5) is 0 Å². The summed E-state index contributed by atoms with van der Waals surface area (Å²) < 4.78 is 0. The van der Waals surface area contributed by atoms with E-state index >= 15 is 0 Å². The topological polar surface area (TPSA) is 0 Å². The maximum absolute atomic E-state index is 2.20. The molecule has 0 atom stereocenters. The van der Waals surface area contributed by atoms with E-state index in [4.69, 9.17) is 0 Å². The van der Waals surface area contributed by atoms with Gasteiger partial charge in [-0.1, -0.05) is 132 Å². The van der Waals surface area contributed by atoms with Crippen molar-refractivity contribution in [3.8, 4) is 0 Å². The summed E-state index contributed by atoms with van der Waals surface area (Å²) in [6, 6.07) is 25.2. The van der Waals surface area contributed by atoms with E-state index in [2.05, 4.69) is 82.3 Å². The van der Waals surface area contributed by atoms with E-state index in [-0.39, 0.29) is 0 Å². The van der Waals surface area contributed by atoms with Crippen molar-refractivity contribution in [2.24, 2.45) is 0 Å². The molecule has 0 fully saturated rings. The second-order valence-corrected chi connectivity index (χ2v) is 5.21. The monoisotopic (exact) mass is 338 g/mol. The van der Waals surface area contributed by atoms with Crippen LogP contribution < -0.4 is 0 Å². The zero-order valence-corrected chi connectivity index (χ0v) is 17.6. The molecule has 0 bridgehead atoms. The van der Waals surface area contributed by atoms with Crippen molar-refractivity contribution in [3.05, 3.63) is 83.9 Å². The average Bonchev–Trinajstić information content (AvgIpc) is 2.67. The van der Waals surface area contributed by atoms with Crippen LogP contribution in [0.25, 0.3) is 10.8 Å². The molecule has 0 aliphatic rings. The second kappa shape index (κ2) is 18.3. The Morgan fingerprint density at radius 2 is 0.960 bits per heavy atom. The number of rotatable bonds is 0. The fourth-order valence-corrected chi connectivity index (χ4v) is 1.84. The van der Waals surface area contributed by atoms with E-state index in [1.165, 1.54) is 28.3 Å². The van der Waals surface area contributed by atoms with Gasteiger partial charge in [-0.2, -0.15) is 0 Å². The summed E-state index contributed by atoms with van der Waals surface area (Å²) in [6.45, 7) is 16.5. The summed E-state index contributed by atoms with van der Waals surface area (Å²) in [6.07, 6.45) is 1.25. The van der Waals surface area contributed by atoms with Gasteiger partial charge in [-0.25, -0.2) is 0 Å². The molecule has 0 heteroatoms. The van der Waals surface area contributed by atoms with Crippen molar-refractivity contribution in [3.63, 3.8) is 0 Å². The minimum atomic E-state index is 1.25. The van der Waals surface area contributed by atoms with Gasteiger partial charge < -0.3 is 0 Å². The van der Waals surface area contributed by atoms with Crippen LogP contribution in [-0.2, 0) is 0 Å². The first-order valence-corrected chi connectivity index (χ1v) is 9.64. The van der Waals surface area contributed by atoms with Crippen molar-refractivity contribution in [1.82, 2.24) is 0 Å². The highest BCUT2D eigenvalue weighted by molar-refractivity contribution is 5.82. The lowest BCUT2D eigenvalue weighted by atomic mass is 10.1. The molecule has 0 unspecified atom stereocenters. The second-order valence-electron chi connectivity index (χ2n) is 5.21. The summed E-state index contributed by atoms with van der Waals surface area (Å²) in [5.74, 6) is 0. The average molecular weight is 339 g/mol. The third-order valence-electron chi connectivity index (χ3n) is 2.85. The van der Waals surface area contributed by atoms with Gasteiger partial charge in [-0.05, 0) is 24.6 Å². The van der Waals surface area contributed by atoms with Crippen molar-refractivity contribution in [2.75, 3.05) is 0 Å². The molecule has 0 spiro atoms. The van der Waals surface area contributed by atoms with Gasteiger partial charge in [0.1, 0.15) is 0 Å². The quantitative estimate of drug-likeness (QED) is 0.385. The smallest absolute Gasteiger partial charge is 0.0181 e. The van der Waals surface area contributed by atoms with Crippen LogP contribution in [0, 0.1) is 13.8 Å². The molecule has 0 N–H and O–H groups in total. The molecule has 0 saturated carbocycles. The molecule has 0 heterocycles. The molecule has 0 radical (unpaired) electrons. The third-order valence-corrected chi connectivity index (χ3v) is 2.85. The van der Waals surface area contributed by atoms with E-state index in [1.807, 2.05) is 45.9 Å². The molecule has 0 nitrogen and oxygen atoms in total. The lowest BCUT2D eigenvalue weighted by Gasteiger charge is -1.96. The molecule has 0 saturated heterocycles. The minimum absolute atomic E-state index is 1.25. The maximum Gasteiger partial charge on any atom is -0.0181 e. The first kappa shape index (κ1) is 25.2. The summed E-state index contributed by atoms with van der Waals surface area (Å²) in [4.78, 5) is 0. The Hall–Kier alpha value is -2.08. The summed E-state index contributed by atoms with van der Waals surface area (Å²) in [7, 11) is 0. The molecule has 3 rings (SSSR count). The molecule has 3 aromatic rings. The van der Waals surface area contributed by atoms with Crippen molar-refractivity contribution >= 4 is 10.8 Å². The fourth-order valence-electron chi connectivity index (χ4n) is 1.84. The predicted octanol–water partition coefficient (Wildman–Crippen LogP) is 8.61. The van der Waals surface area contributed by atoms with Gasteiger partial charge in [0.25, 0.3) is 0 Å². The Labute approximate surface area is 156 Å². The van der Waals surface area contributed by atoms with Crippen LogP contribution in [0.15, 0.2) is 72.8 Å². The Balaban J connectivity index is 0. The van der Waals surface area contributed by atoms with Crippen LogP contribution in [0.1, 0.15) is 59.1 Å². The Morgan fingerprint density at radius 3 is 1.40 bits per heavy atom. The molecule has 0 aliphatic heterocycles. The standard InChI is InChI=1S/C11H10.C7H8.C3H8.2C2H6/c1-9-6-7-10-4-2-3-5-11(10)8-9;1-7-5-3-2-4-6-7;1-3-2;2*1-2/h2-8H,1H3;2-6H,1H3;3H2,1-2H3;2*1-2H3. The highest BCUT2D eigenvalue weighted by Crippen LogP contribution is 2.14. The number of hydrogen-bond donors (Lipinski definition) is 0. The predicted molar refractivity (Wildman–Crippen MR) is 119 cm³/mol. The Morgan fingerprint density at radius 1 is 0.520 bits per heavy atom. The SMILES string of the molecule is CC.CC.CCC.Cc1ccc2ccccc2c1.Cc1ccccc1. The van der Waals surface area contributed by atoms with Crippen molar-refractivity contribution in [2.45, 2.75) is 61.8 Å².